The van der Waals surface area contributed by atoms with Crippen LogP contribution in [0, 0.1) is 5.92 Å². The second-order valence-electron chi connectivity index (χ2n) is 5.14. The fraction of sp³-hybridized carbons (Fsp3) is 1.00. The minimum atomic E-state index is -2.54. The summed E-state index contributed by atoms with van der Waals surface area (Å²) in [5.74, 6) is -2.40. The Balaban J connectivity index is 1.75. The van der Waals surface area contributed by atoms with Crippen LogP contribution in [0.1, 0.15) is 19.3 Å². The Labute approximate surface area is 101 Å². The average Bonchev–Trinajstić information content (AvgIpc) is 2.30. The second-order valence-corrected chi connectivity index (χ2v) is 5.14. The van der Waals surface area contributed by atoms with E-state index in [4.69, 9.17) is 4.74 Å². The molecule has 1 N–H and O–H groups in total. The van der Waals surface area contributed by atoms with Gasteiger partial charge in [0.25, 0.3) is 5.92 Å². The van der Waals surface area contributed by atoms with E-state index in [1.165, 1.54) is 0 Å². The molecule has 2 saturated heterocycles. The minimum Gasteiger partial charge on any atom is -0.381 e. The molecule has 0 aliphatic carbocycles. The molecule has 100 valence electrons. The van der Waals surface area contributed by atoms with Crippen molar-refractivity contribution in [1.82, 2.24) is 10.2 Å². The van der Waals surface area contributed by atoms with Gasteiger partial charge in [-0.15, -0.1) is 0 Å². The lowest BCUT2D eigenvalue weighted by atomic mass is 9.93. The molecule has 0 radical (unpaired) electrons. The minimum absolute atomic E-state index is 0.0281. The number of piperazine rings is 1. The van der Waals surface area contributed by atoms with Gasteiger partial charge in [0.1, 0.15) is 0 Å². The maximum atomic E-state index is 13.9. The summed E-state index contributed by atoms with van der Waals surface area (Å²) >= 11 is 0. The van der Waals surface area contributed by atoms with E-state index in [1.807, 2.05) is 4.90 Å². The van der Waals surface area contributed by atoms with Crippen LogP contribution in [0.5, 0.6) is 0 Å². The van der Waals surface area contributed by atoms with Gasteiger partial charge in [0.15, 0.2) is 0 Å². The third-order valence-corrected chi connectivity index (χ3v) is 3.59. The van der Waals surface area contributed by atoms with Gasteiger partial charge in [-0.05, 0) is 18.8 Å². The zero-order chi connectivity index (χ0) is 12.1. The highest BCUT2D eigenvalue weighted by molar-refractivity contribution is 4.79. The van der Waals surface area contributed by atoms with Crippen molar-refractivity contribution in [3.8, 4) is 0 Å². The summed E-state index contributed by atoms with van der Waals surface area (Å²) in [6.07, 6.45) is 1.61. The number of nitrogens with one attached hydrogen (secondary N) is 1. The van der Waals surface area contributed by atoms with Crippen LogP contribution in [0.4, 0.5) is 8.78 Å². The Bertz CT molecular complexity index is 205. The average molecular weight is 248 g/mol. The van der Waals surface area contributed by atoms with E-state index in [9.17, 15) is 8.78 Å². The number of hydrogen-bond donors (Lipinski definition) is 1. The summed E-state index contributed by atoms with van der Waals surface area (Å²) in [6.45, 7) is 4.35. The van der Waals surface area contributed by atoms with Crippen LogP contribution >= 0.6 is 0 Å². The number of nitrogens with zero attached hydrogens (tertiary/aromatic N) is 1. The number of rotatable bonds is 4. The van der Waals surface area contributed by atoms with Crippen LogP contribution in [-0.4, -0.2) is 56.8 Å². The zero-order valence-electron chi connectivity index (χ0n) is 10.3. The van der Waals surface area contributed by atoms with Crippen molar-refractivity contribution in [3.63, 3.8) is 0 Å². The van der Waals surface area contributed by atoms with Gasteiger partial charge in [0, 0.05) is 45.8 Å². The molecular formula is C12H22F2N2O. The zero-order valence-corrected chi connectivity index (χ0v) is 10.3. The molecule has 0 unspecified atom stereocenters. The monoisotopic (exact) mass is 248 g/mol. The van der Waals surface area contributed by atoms with Crippen molar-refractivity contribution < 1.29 is 13.5 Å². The molecule has 2 aliphatic heterocycles. The van der Waals surface area contributed by atoms with E-state index < -0.39 is 5.92 Å². The first-order chi connectivity index (χ1) is 8.16. The van der Waals surface area contributed by atoms with Crippen LogP contribution in [0.2, 0.25) is 0 Å². The maximum Gasteiger partial charge on any atom is 0.260 e. The Morgan fingerprint density at radius 2 is 1.82 bits per heavy atom. The summed E-state index contributed by atoms with van der Waals surface area (Å²) in [5, 5.41) is 3.18. The van der Waals surface area contributed by atoms with Crippen LogP contribution in [0.15, 0.2) is 0 Å². The quantitative estimate of drug-likeness (QED) is 0.812. The molecule has 0 spiro atoms. The van der Waals surface area contributed by atoms with Crippen molar-refractivity contribution in [2.75, 3.05) is 45.9 Å². The van der Waals surface area contributed by atoms with Gasteiger partial charge in [0.05, 0.1) is 6.54 Å². The second kappa shape index (κ2) is 6.07. The number of ether oxygens (including phenoxy) is 1. The van der Waals surface area contributed by atoms with Gasteiger partial charge in [-0.3, -0.25) is 4.90 Å². The number of hydrogen-bond acceptors (Lipinski definition) is 3. The normalized spacial score (nSPS) is 25.1. The van der Waals surface area contributed by atoms with Gasteiger partial charge in [0.2, 0.25) is 0 Å². The summed E-state index contributed by atoms with van der Waals surface area (Å²) in [7, 11) is 0. The first-order valence-electron chi connectivity index (χ1n) is 6.54. The van der Waals surface area contributed by atoms with E-state index in [0.29, 0.717) is 13.2 Å². The molecule has 2 fully saturated rings. The fourth-order valence-corrected chi connectivity index (χ4v) is 2.63. The molecule has 2 rings (SSSR count). The van der Waals surface area contributed by atoms with Gasteiger partial charge in [-0.25, -0.2) is 8.78 Å². The smallest absolute Gasteiger partial charge is 0.260 e. The molecule has 0 aromatic heterocycles. The van der Waals surface area contributed by atoms with E-state index in [-0.39, 0.29) is 18.9 Å². The van der Waals surface area contributed by atoms with E-state index in [0.717, 1.165) is 39.0 Å². The maximum absolute atomic E-state index is 13.9. The van der Waals surface area contributed by atoms with Gasteiger partial charge in [-0.2, -0.15) is 0 Å². The van der Waals surface area contributed by atoms with E-state index in [2.05, 4.69) is 5.32 Å². The Morgan fingerprint density at radius 3 is 2.47 bits per heavy atom. The summed E-state index contributed by atoms with van der Waals surface area (Å²) in [4.78, 5) is 1.87. The SMILES string of the molecule is FC(F)(CC1CCOCC1)CN1CCNCC1. The highest BCUT2D eigenvalue weighted by atomic mass is 19.3. The fourth-order valence-electron chi connectivity index (χ4n) is 2.63. The van der Waals surface area contributed by atoms with E-state index in [1.54, 1.807) is 0 Å². The van der Waals surface area contributed by atoms with Crippen LogP contribution in [0.3, 0.4) is 0 Å². The molecule has 3 nitrogen and oxygen atoms in total. The predicted molar refractivity (Wildman–Crippen MR) is 62.4 cm³/mol. The van der Waals surface area contributed by atoms with Crippen molar-refractivity contribution >= 4 is 0 Å². The Hall–Kier alpha value is -0.260. The first kappa shape index (κ1) is 13.2. The molecule has 0 aromatic rings. The van der Waals surface area contributed by atoms with E-state index >= 15 is 0 Å². The molecule has 0 amide bonds. The van der Waals surface area contributed by atoms with Gasteiger partial charge < -0.3 is 10.1 Å². The highest BCUT2D eigenvalue weighted by Gasteiger charge is 2.35. The predicted octanol–water partition coefficient (Wildman–Crippen LogP) is 1.34. The molecule has 0 bridgehead atoms. The Kier molecular flexibility index (Phi) is 4.70. The van der Waals surface area contributed by atoms with Gasteiger partial charge in [-0.1, -0.05) is 0 Å². The topological polar surface area (TPSA) is 24.5 Å². The standard InChI is InChI=1S/C12H22F2N2O/c13-12(14,9-11-1-7-17-8-2-11)10-16-5-3-15-4-6-16/h11,15H,1-10H2. The number of alkyl halides is 2. The van der Waals surface area contributed by atoms with Crippen LogP contribution < -0.4 is 5.32 Å². The van der Waals surface area contributed by atoms with Crippen molar-refractivity contribution in [1.29, 1.82) is 0 Å². The summed E-state index contributed by atoms with van der Waals surface area (Å²) < 4.78 is 33.0. The molecule has 17 heavy (non-hydrogen) atoms. The molecule has 0 saturated carbocycles. The molecular weight excluding hydrogens is 226 g/mol. The van der Waals surface area contributed by atoms with Crippen LogP contribution in [-0.2, 0) is 4.74 Å². The largest absolute Gasteiger partial charge is 0.381 e. The Morgan fingerprint density at radius 1 is 1.18 bits per heavy atom. The summed E-state index contributed by atoms with van der Waals surface area (Å²) in [5.41, 5.74) is 0. The third kappa shape index (κ3) is 4.48. The third-order valence-electron chi connectivity index (χ3n) is 3.59. The van der Waals surface area contributed by atoms with Crippen molar-refractivity contribution in [2.45, 2.75) is 25.2 Å². The molecule has 2 heterocycles. The highest BCUT2D eigenvalue weighted by Crippen LogP contribution is 2.30. The summed E-state index contributed by atoms with van der Waals surface area (Å²) in [6, 6.07) is 0. The van der Waals surface area contributed by atoms with Crippen molar-refractivity contribution in [3.05, 3.63) is 0 Å². The lowest BCUT2D eigenvalue weighted by molar-refractivity contribution is -0.0655. The number of halogens is 2. The molecule has 0 atom stereocenters. The lowest BCUT2D eigenvalue weighted by Gasteiger charge is -2.33. The first-order valence-corrected chi connectivity index (χ1v) is 6.54. The molecule has 0 aromatic carbocycles. The molecule has 2 aliphatic rings. The molecule has 5 heteroatoms. The van der Waals surface area contributed by atoms with Crippen LogP contribution in [0.25, 0.3) is 0 Å². The lowest BCUT2D eigenvalue weighted by Crippen LogP contribution is -2.48. The van der Waals surface area contributed by atoms with Crippen molar-refractivity contribution in [2.24, 2.45) is 5.92 Å². The van der Waals surface area contributed by atoms with Gasteiger partial charge >= 0.3 is 0 Å².